The molecule has 28 heavy (non-hydrogen) atoms. The Balaban J connectivity index is 3.50. The van der Waals surface area contributed by atoms with Crippen molar-refractivity contribution in [1.82, 2.24) is 0 Å². The van der Waals surface area contributed by atoms with Crippen LogP contribution in [0.15, 0.2) is 0 Å². The highest BCUT2D eigenvalue weighted by Crippen LogP contribution is 2.19. The van der Waals surface area contributed by atoms with Crippen molar-refractivity contribution in [1.29, 1.82) is 0 Å². The molecular formula is C24H46O4. The van der Waals surface area contributed by atoms with E-state index in [2.05, 4.69) is 34.6 Å². The highest BCUT2D eigenvalue weighted by molar-refractivity contribution is 5.69. The molecule has 0 rings (SSSR count). The molecule has 0 heterocycles. The summed E-state index contributed by atoms with van der Waals surface area (Å²) in [6.45, 7) is 11.5. The summed E-state index contributed by atoms with van der Waals surface area (Å²) in [6.07, 6.45) is 12.8. The maximum absolute atomic E-state index is 11.8. The summed E-state index contributed by atoms with van der Waals surface area (Å²) in [6, 6.07) is 0. The fourth-order valence-electron chi connectivity index (χ4n) is 3.10. The van der Waals surface area contributed by atoms with Gasteiger partial charge >= 0.3 is 11.9 Å². The van der Waals surface area contributed by atoms with Crippen molar-refractivity contribution >= 4 is 11.9 Å². The molecule has 4 heteroatoms. The van der Waals surface area contributed by atoms with Crippen molar-refractivity contribution in [3.63, 3.8) is 0 Å². The van der Waals surface area contributed by atoms with Crippen molar-refractivity contribution in [2.45, 2.75) is 112 Å². The molecule has 1 unspecified atom stereocenters. The van der Waals surface area contributed by atoms with Gasteiger partial charge in [0.15, 0.2) is 0 Å². The number of ether oxygens (including phenoxy) is 2. The average molecular weight is 399 g/mol. The minimum absolute atomic E-state index is 0.0337. The second-order valence-corrected chi connectivity index (χ2v) is 9.00. The Bertz CT molecular complexity index is 390. The first kappa shape index (κ1) is 26.9. The van der Waals surface area contributed by atoms with Gasteiger partial charge in [0, 0.05) is 12.8 Å². The van der Waals surface area contributed by atoms with Crippen LogP contribution in [0.4, 0.5) is 0 Å². The molecule has 0 spiro atoms. The zero-order valence-corrected chi connectivity index (χ0v) is 19.3. The van der Waals surface area contributed by atoms with Gasteiger partial charge in [0.05, 0.1) is 13.2 Å². The van der Waals surface area contributed by atoms with Crippen LogP contribution in [0.2, 0.25) is 0 Å². The van der Waals surface area contributed by atoms with Gasteiger partial charge in [-0.05, 0) is 30.6 Å². The SMILES string of the molecule is CCC(CCCCCCCCCCC(=O)OCC(C)C)CC(=O)OCC(C)C. The maximum Gasteiger partial charge on any atom is 0.306 e. The van der Waals surface area contributed by atoms with Gasteiger partial charge in [0.25, 0.3) is 0 Å². The van der Waals surface area contributed by atoms with Crippen LogP contribution in [0.5, 0.6) is 0 Å². The number of rotatable bonds is 18. The highest BCUT2D eigenvalue weighted by Gasteiger charge is 2.13. The summed E-state index contributed by atoms with van der Waals surface area (Å²) in [5.74, 6) is 1.20. The normalized spacial score (nSPS) is 12.4. The molecule has 0 aromatic heterocycles. The topological polar surface area (TPSA) is 52.6 Å². The minimum atomic E-state index is -0.0488. The molecule has 0 aromatic rings. The summed E-state index contributed by atoms with van der Waals surface area (Å²) in [4.78, 5) is 23.4. The van der Waals surface area contributed by atoms with E-state index in [-0.39, 0.29) is 11.9 Å². The van der Waals surface area contributed by atoms with E-state index in [1.54, 1.807) is 0 Å². The lowest BCUT2D eigenvalue weighted by Crippen LogP contribution is -2.14. The Morgan fingerprint density at radius 3 is 1.64 bits per heavy atom. The Morgan fingerprint density at radius 2 is 1.14 bits per heavy atom. The number of carbonyl (C=O) groups excluding carboxylic acids is 2. The van der Waals surface area contributed by atoms with Crippen molar-refractivity contribution < 1.29 is 19.1 Å². The predicted molar refractivity (Wildman–Crippen MR) is 116 cm³/mol. The first-order chi connectivity index (χ1) is 13.3. The Hall–Kier alpha value is -1.06. The van der Waals surface area contributed by atoms with Crippen LogP contribution < -0.4 is 0 Å². The third-order valence-corrected chi connectivity index (χ3v) is 4.93. The fraction of sp³-hybridized carbons (Fsp3) is 0.917. The summed E-state index contributed by atoms with van der Waals surface area (Å²) in [5, 5.41) is 0. The zero-order valence-electron chi connectivity index (χ0n) is 19.3. The Morgan fingerprint density at radius 1 is 0.679 bits per heavy atom. The van der Waals surface area contributed by atoms with Gasteiger partial charge in [-0.25, -0.2) is 0 Å². The molecule has 0 aliphatic heterocycles. The molecule has 4 nitrogen and oxygen atoms in total. The van der Waals surface area contributed by atoms with E-state index in [1.807, 2.05) is 0 Å². The standard InChI is InChI=1S/C24H46O4/c1-6-22(17-24(26)28-19-21(4)5)15-13-11-9-7-8-10-12-14-16-23(25)27-18-20(2)3/h20-22H,6-19H2,1-5H3. The molecule has 0 bridgehead atoms. The maximum atomic E-state index is 11.8. The molecular weight excluding hydrogens is 352 g/mol. The van der Waals surface area contributed by atoms with E-state index in [9.17, 15) is 9.59 Å². The lowest BCUT2D eigenvalue weighted by molar-refractivity contribution is -0.146. The van der Waals surface area contributed by atoms with Gasteiger partial charge in [-0.2, -0.15) is 0 Å². The first-order valence-electron chi connectivity index (χ1n) is 11.7. The van der Waals surface area contributed by atoms with Crippen LogP contribution in [0, 0.1) is 17.8 Å². The molecule has 0 aliphatic rings. The molecule has 166 valence electrons. The van der Waals surface area contributed by atoms with Gasteiger partial charge in [-0.15, -0.1) is 0 Å². The van der Waals surface area contributed by atoms with E-state index in [0.717, 1.165) is 25.7 Å². The first-order valence-corrected chi connectivity index (χ1v) is 11.7. The molecule has 0 aromatic carbocycles. The quantitative estimate of drug-likeness (QED) is 0.190. The van der Waals surface area contributed by atoms with Crippen molar-refractivity contribution in [3.05, 3.63) is 0 Å². The monoisotopic (exact) mass is 398 g/mol. The van der Waals surface area contributed by atoms with Gasteiger partial charge in [0.2, 0.25) is 0 Å². The van der Waals surface area contributed by atoms with Gasteiger partial charge in [-0.3, -0.25) is 9.59 Å². The van der Waals surface area contributed by atoms with Crippen LogP contribution in [-0.4, -0.2) is 25.2 Å². The Labute approximate surface area is 174 Å². The molecule has 0 amide bonds. The third-order valence-electron chi connectivity index (χ3n) is 4.93. The largest absolute Gasteiger partial charge is 0.465 e. The van der Waals surface area contributed by atoms with Crippen molar-refractivity contribution in [3.8, 4) is 0 Å². The van der Waals surface area contributed by atoms with Crippen LogP contribution in [0.25, 0.3) is 0 Å². The lowest BCUT2D eigenvalue weighted by Gasteiger charge is -2.14. The number of hydrogen-bond acceptors (Lipinski definition) is 4. The number of carbonyl (C=O) groups is 2. The van der Waals surface area contributed by atoms with Gasteiger partial charge in [0.1, 0.15) is 0 Å². The van der Waals surface area contributed by atoms with Crippen LogP contribution in [0.1, 0.15) is 112 Å². The van der Waals surface area contributed by atoms with Crippen molar-refractivity contribution in [2.75, 3.05) is 13.2 Å². The molecule has 0 aliphatic carbocycles. The molecule has 0 N–H and O–H groups in total. The zero-order chi connectivity index (χ0) is 21.2. The highest BCUT2D eigenvalue weighted by atomic mass is 16.5. The van der Waals surface area contributed by atoms with Gasteiger partial charge in [-0.1, -0.05) is 86.0 Å². The molecule has 0 saturated heterocycles. The Kier molecular flexibility index (Phi) is 17.3. The predicted octanol–water partition coefficient (Wildman–Crippen LogP) is 6.70. The average Bonchev–Trinajstić information content (AvgIpc) is 2.65. The molecule has 0 saturated carbocycles. The smallest absolute Gasteiger partial charge is 0.306 e. The van der Waals surface area contributed by atoms with E-state index >= 15 is 0 Å². The summed E-state index contributed by atoms with van der Waals surface area (Å²) >= 11 is 0. The number of unbranched alkanes of at least 4 members (excludes halogenated alkanes) is 7. The minimum Gasteiger partial charge on any atom is -0.465 e. The second kappa shape index (κ2) is 18.0. The summed E-state index contributed by atoms with van der Waals surface area (Å²) in [5.41, 5.74) is 0. The van der Waals surface area contributed by atoms with E-state index < -0.39 is 0 Å². The second-order valence-electron chi connectivity index (χ2n) is 9.00. The lowest BCUT2D eigenvalue weighted by atomic mass is 9.95. The summed E-state index contributed by atoms with van der Waals surface area (Å²) in [7, 11) is 0. The van der Waals surface area contributed by atoms with Crippen LogP contribution >= 0.6 is 0 Å². The summed E-state index contributed by atoms with van der Waals surface area (Å²) < 4.78 is 10.5. The molecule has 0 radical (unpaired) electrons. The van der Waals surface area contributed by atoms with E-state index in [1.165, 1.54) is 38.5 Å². The molecule has 1 atom stereocenters. The molecule has 0 fully saturated rings. The number of esters is 2. The van der Waals surface area contributed by atoms with Crippen LogP contribution in [0.3, 0.4) is 0 Å². The van der Waals surface area contributed by atoms with Crippen LogP contribution in [-0.2, 0) is 19.1 Å². The van der Waals surface area contributed by atoms with Gasteiger partial charge < -0.3 is 9.47 Å². The fourth-order valence-corrected chi connectivity index (χ4v) is 3.10. The van der Waals surface area contributed by atoms with E-state index in [4.69, 9.17) is 9.47 Å². The van der Waals surface area contributed by atoms with E-state index in [0.29, 0.717) is 43.8 Å². The third kappa shape index (κ3) is 18.3. The van der Waals surface area contributed by atoms with Crippen molar-refractivity contribution in [2.24, 2.45) is 17.8 Å². The number of hydrogen-bond donors (Lipinski definition) is 0.